The summed E-state index contributed by atoms with van der Waals surface area (Å²) in [6.45, 7) is 1.72. The number of hydrogen-bond donors (Lipinski definition) is 4. The van der Waals surface area contributed by atoms with Crippen molar-refractivity contribution in [2.24, 2.45) is 0 Å². The number of anilines is 4. The zero-order valence-electron chi connectivity index (χ0n) is 21.7. The second-order valence-electron chi connectivity index (χ2n) is 7.80. The molecule has 0 saturated heterocycles. The quantitative estimate of drug-likeness (QED) is 0.106. The first-order valence-electron chi connectivity index (χ1n) is 11.2. The third kappa shape index (κ3) is 9.33. The standard InChI is InChI=1S/C16H23N3O6.C7H4N4O4/c1-10(20)18-12-9-13(14(21)8-11(12)17)19(6-4-15(22)24-2)7-5-16(23)25-3;8-3-4-1-5(10(12)13)2-6(7(4)9)11(14)15/h8-9,21H,4-7,17H2,1-3H3,(H,18,20);1-2H,9H2. The van der Waals surface area contributed by atoms with Crippen LogP contribution in [0.5, 0.6) is 5.75 Å². The second kappa shape index (κ2) is 14.9. The number of carbonyl (C=O) groups is 3. The number of nitrogens with two attached hydrogens (primary N) is 2. The zero-order chi connectivity index (χ0) is 30.6. The van der Waals surface area contributed by atoms with E-state index in [1.54, 1.807) is 11.0 Å². The summed E-state index contributed by atoms with van der Waals surface area (Å²) < 4.78 is 9.22. The molecule has 0 aromatic heterocycles. The van der Waals surface area contributed by atoms with Crippen LogP contribution in [0.1, 0.15) is 25.3 Å². The van der Waals surface area contributed by atoms with Gasteiger partial charge in [-0.15, -0.1) is 0 Å². The number of ether oxygens (including phenoxy) is 2. The molecule has 0 aliphatic rings. The predicted octanol–water partition coefficient (Wildman–Crippen LogP) is 1.82. The lowest BCUT2D eigenvalue weighted by Gasteiger charge is -2.26. The van der Waals surface area contributed by atoms with Crippen LogP contribution >= 0.6 is 0 Å². The Balaban J connectivity index is 0.000000453. The molecule has 0 bridgehead atoms. The van der Waals surface area contributed by atoms with Gasteiger partial charge in [0.1, 0.15) is 17.5 Å². The lowest BCUT2D eigenvalue weighted by Crippen LogP contribution is -2.29. The van der Waals surface area contributed by atoms with Crippen molar-refractivity contribution < 1.29 is 38.8 Å². The number of nitrogens with zero attached hydrogens (tertiary/aromatic N) is 4. The predicted molar refractivity (Wildman–Crippen MR) is 141 cm³/mol. The van der Waals surface area contributed by atoms with Crippen LogP contribution in [0.4, 0.5) is 34.1 Å². The number of methoxy groups -OCH3 is 2. The molecular formula is C23H27N7O10. The maximum Gasteiger partial charge on any atom is 0.307 e. The maximum absolute atomic E-state index is 11.4. The number of rotatable bonds is 10. The van der Waals surface area contributed by atoms with E-state index >= 15 is 0 Å². The molecule has 0 fully saturated rings. The number of carbonyl (C=O) groups excluding carboxylic acids is 3. The van der Waals surface area contributed by atoms with E-state index in [1.807, 2.05) is 0 Å². The number of hydrogen-bond acceptors (Lipinski definition) is 14. The lowest BCUT2D eigenvalue weighted by atomic mass is 10.1. The molecule has 1 amide bonds. The fourth-order valence-electron chi connectivity index (χ4n) is 3.13. The molecule has 17 heteroatoms. The Labute approximate surface area is 227 Å². The molecule has 214 valence electrons. The summed E-state index contributed by atoms with van der Waals surface area (Å²) in [5.41, 5.74) is 10.1. The SMILES string of the molecule is COC(=O)CCN(CCC(=O)OC)c1cc(NC(C)=O)c(N)cc1O.N#Cc1cc([N+](=O)[O-])cc([N+](=O)[O-])c1N. The number of nitrogen functional groups attached to an aromatic ring is 2. The van der Waals surface area contributed by atoms with Crippen molar-refractivity contribution in [3.8, 4) is 11.8 Å². The van der Waals surface area contributed by atoms with Crippen LogP contribution in [0.2, 0.25) is 0 Å². The van der Waals surface area contributed by atoms with E-state index in [4.69, 9.17) is 16.7 Å². The third-order valence-corrected chi connectivity index (χ3v) is 5.10. The van der Waals surface area contributed by atoms with E-state index in [0.717, 1.165) is 12.1 Å². The normalized spacial score (nSPS) is 9.75. The number of aromatic hydroxyl groups is 1. The van der Waals surface area contributed by atoms with Gasteiger partial charge in [-0.25, -0.2) is 0 Å². The number of amides is 1. The number of phenols is 1. The minimum atomic E-state index is -0.872. The Morgan fingerprint density at radius 2 is 1.57 bits per heavy atom. The molecule has 0 aliphatic carbocycles. The van der Waals surface area contributed by atoms with E-state index in [0.29, 0.717) is 11.4 Å². The summed E-state index contributed by atoms with van der Waals surface area (Å²) in [6, 6.07) is 5.94. The molecule has 17 nitrogen and oxygen atoms in total. The van der Waals surface area contributed by atoms with Gasteiger partial charge in [0.25, 0.3) is 11.4 Å². The molecule has 0 heterocycles. The van der Waals surface area contributed by atoms with Gasteiger partial charge < -0.3 is 36.3 Å². The van der Waals surface area contributed by atoms with E-state index in [1.165, 1.54) is 33.3 Å². The number of nitriles is 1. The first-order chi connectivity index (χ1) is 18.7. The van der Waals surface area contributed by atoms with E-state index in [9.17, 15) is 39.7 Å². The third-order valence-electron chi connectivity index (χ3n) is 5.10. The minimum absolute atomic E-state index is 0.0525. The van der Waals surface area contributed by atoms with Crippen LogP contribution < -0.4 is 21.7 Å². The number of esters is 2. The molecule has 40 heavy (non-hydrogen) atoms. The second-order valence-corrected chi connectivity index (χ2v) is 7.80. The van der Waals surface area contributed by atoms with Crippen LogP contribution in [0.3, 0.4) is 0 Å². The Morgan fingerprint density at radius 3 is 2.00 bits per heavy atom. The van der Waals surface area contributed by atoms with E-state index in [2.05, 4.69) is 14.8 Å². The van der Waals surface area contributed by atoms with E-state index in [-0.39, 0.29) is 54.5 Å². The highest BCUT2D eigenvalue weighted by atomic mass is 16.6. The Morgan fingerprint density at radius 1 is 1.02 bits per heavy atom. The Hall–Kier alpha value is -5.66. The average molecular weight is 562 g/mol. The Bertz CT molecular complexity index is 1320. The van der Waals surface area contributed by atoms with Crippen LogP contribution in [0.25, 0.3) is 0 Å². The van der Waals surface area contributed by atoms with Crippen LogP contribution in [0, 0.1) is 31.6 Å². The van der Waals surface area contributed by atoms with Gasteiger partial charge in [0.2, 0.25) is 5.91 Å². The van der Waals surface area contributed by atoms with Gasteiger partial charge in [-0.3, -0.25) is 34.6 Å². The number of benzene rings is 2. The summed E-state index contributed by atoms with van der Waals surface area (Å²) in [4.78, 5) is 54.9. The van der Waals surface area contributed by atoms with Gasteiger partial charge in [-0.1, -0.05) is 0 Å². The van der Waals surface area contributed by atoms with Crippen molar-refractivity contribution in [1.29, 1.82) is 5.26 Å². The summed E-state index contributed by atoms with van der Waals surface area (Å²) in [5.74, 6) is -1.32. The monoisotopic (exact) mass is 561 g/mol. The molecule has 0 atom stereocenters. The molecule has 2 aromatic rings. The molecular weight excluding hydrogens is 534 g/mol. The summed E-state index contributed by atoms with van der Waals surface area (Å²) in [7, 11) is 2.55. The molecule has 2 aromatic carbocycles. The van der Waals surface area contributed by atoms with Crippen molar-refractivity contribution in [2.75, 3.05) is 49.0 Å². The fraction of sp³-hybridized carbons (Fsp3) is 0.304. The van der Waals surface area contributed by atoms with Gasteiger partial charge in [0.15, 0.2) is 0 Å². The van der Waals surface area contributed by atoms with Crippen LogP contribution in [-0.2, 0) is 23.9 Å². The highest BCUT2D eigenvalue weighted by Gasteiger charge is 2.22. The van der Waals surface area contributed by atoms with Crippen molar-refractivity contribution >= 4 is 52.0 Å². The van der Waals surface area contributed by atoms with Gasteiger partial charge in [-0.05, 0) is 6.07 Å². The number of nitro groups is 2. The van der Waals surface area contributed by atoms with Gasteiger partial charge in [0, 0.05) is 32.1 Å². The van der Waals surface area contributed by atoms with Gasteiger partial charge >= 0.3 is 11.9 Å². The molecule has 6 N–H and O–H groups in total. The van der Waals surface area contributed by atoms with E-state index < -0.39 is 33.2 Å². The number of nitro benzene ring substituents is 2. The van der Waals surface area contributed by atoms with Gasteiger partial charge in [-0.2, -0.15) is 5.26 Å². The number of nitrogens with one attached hydrogen (secondary N) is 1. The molecule has 2 rings (SSSR count). The zero-order valence-corrected chi connectivity index (χ0v) is 21.7. The molecule has 0 aliphatic heterocycles. The highest BCUT2D eigenvalue weighted by molar-refractivity contribution is 5.94. The Kier molecular flexibility index (Phi) is 12.1. The molecule has 0 saturated carbocycles. The fourth-order valence-corrected chi connectivity index (χ4v) is 3.13. The molecule has 0 spiro atoms. The maximum atomic E-state index is 11.4. The van der Waals surface area contributed by atoms with Crippen molar-refractivity contribution in [2.45, 2.75) is 19.8 Å². The molecule has 0 unspecified atom stereocenters. The van der Waals surface area contributed by atoms with Crippen molar-refractivity contribution in [3.63, 3.8) is 0 Å². The summed E-state index contributed by atoms with van der Waals surface area (Å²) in [6.07, 6.45) is 0.105. The first kappa shape index (κ1) is 32.4. The van der Waals surface area contributed by atoms with Crippen LogP contribution in [-0.4, -0.2) is 60.1 Å². The summed E-state index contributed by atoms with van der Waals surface area (Å²) >= 11 is 0. The highest BCUT2D eigenvalue weighted by Crippen LogP contribution is 2.35. The molecule has 0 radical (unpaired) electrons. The average Bonchev–Trinajstić information content (AvgIpc) is 2.90. The summed E-state index contributed by atoms with van der Waals surface area (Å²) in [5, 5.41) is 42.2. The minimum Gasteiger partial charge on any atom is -0.506 e. The van der Waals surface area contributed by atoms with Crippen molar-refractivity contribution in [3.05, 3.63) is 50.1 Å². The number of phenolic OH excluding ortho intramolecular Hbond substituents is 1. The van der Waals surface area contributed by atoms with Gasteiger partial charge in [0.05, 0.1) is 65.6 Å². The lowest BCUT2D eigenvalue weighted by molar-refractivity contribution is -0.393. The first-order valence-corrected chi connectivity index (χ1v) is 11.2. The van der Waals surface area contributed by atoms with Crippen LogP contribution in [0.15, 0.2) is 24.3 Å². The topological polar surface area (TPSA) is 267 Å². The smallest absolute Gasteiger partial charge is 0.307 e. The largest absolute Gasteiger partial charge is 0.506 e. The number of non-ortho nitro benzene ring substituents is 1. The van der Waals surface area contributed by atoms with Crippen molar-refractivity contribution in [1.82, 2.24) is 0 Å².